The van der Waals surface area contributed by atoms with E-state index in [4.69, 9.17) is 4.42 Å². The fourth-order valence-electron chi connectivity index (χ4n) is 3.21. The van der Waals surface area contributed by atoms with Crippen LogP contribution in [0.5, 0.6) is 0 Å². The summed E-state index contributed by atoms with van der Waals surface area (Å²) in [6.07, 6.45) is 3.06. The number of nitrogens with zero attached hydrogens (tertiary/aromatic N) is 1. The van der Waals surface area contributed by atoms with E-state index in [9.17, 15) is 12.8 Å². The largest absolute Gasteiger partial charge is 0.440 e. The molecule has 2 heterocycles. The Labute approximate surface area is 179 Å². The summed E-state index contributed by atoms with van der Waals surface area (Å²) in [5, 5.41) is 1.46. The van der Waals surface area contributed by atoms with Gasteiger partial charge in [-0.3, -0.25) is 0 Å². The van der Waals surface area contributed by atoms with E-state index in [2.05, 4.69) is 17.1 Å². The molecule has 4 nitrogen and oxygen atoms in total. The number of benzene rings is 2. The van der Waals surface area contributed by atoms with Crippen molar-refractivity contribution < 1.29 is 17.2 Å². The van der Waals surface area contributed by atoms with Crippen LogP contribution in [0.1, 0.15) is 22.0 Å². The second-order valence-corrected chi connectivity index (χ2v) is 10.1. The van der Waals surface area contributed by atoms with Crippen LogP contribution in [0.3, 0.4) is 0 Å². The van der Waals surface area contributed by atoms with E-state index in [1.54, 1.807) is 24.3 Å². The third-order valence-electron chi connectivity index (χ3n) is 4.72. The van der Waals surface area contributed by atoms with Gasteiger partial charge in [0.1, 0.15) is 5.82 Å². The van der Waals surface area contributed by atoms with E-state index in [1.807, 2.05) is 18.2 Å². The molecule has 0 aliphatic carbocycles. The minimum atomic E-state index is -3.28. The first-order valence-corrected chi connectivity index (χ1v) is 12.2. The van der Waals surface area contributed by atoms with E-state index < -0.39 is 9.84 Å². The van der Waals surface area contributed by atoms with Gasteiger partial charge >= 0.3 is 0 Å². The van der Waals surface area contributed by atoms with E-state index in [-0.39, 0.29) is 10.7 Å². The molecule has 0 N–H and O–H groups in total. The van der Waals surface area contributed by atoms with Gasteiger partial charge < -0.3 is 4.42 Å². The lowest BCUT2D eigenvalue weighted by Gasteiger charge is -2.02. The summed E-state index contributed by atoms with van der Waals surface area (Å²) in [6, 6.07) is 18.1. The molecule has 0 atom stereocenters. The zero-order chi connectivity index (χ0) is 21.1. The number of rotatable bonds is 7. The van der Waals surface area contributed by atoms with Gasteiger partial charge in [0, 0.05) is 34.9 Å². The Morgan fingerprint density at radius 1 is 1.03 bits per heavy atom. The molecular weight excluding hydrogens is 421 g/mol. The Morgan fingerprint density at radius 2 is 1.77 bits per heavy atom. The highest BCUT2D eigenvalue weighted by Gasteiger charge is 2.18. The fraction of sp³-hybridized carbons (Fsp3) is 0.174. The number of halogens is 1. The van der Waals surface area contributed by atoms with Gasteiger partial charge in [0.25, 0.3) is 0 Å². The topological polar surface area (TPSA) is 60.2 Å². The third kappa shape index (κ3) is 4.86. The quantitative estimate of drug-likeness (QED) is 0.389. The molecule has 2 aromatic carbocycles. The molecule has 2 aromatic heterocycles. The van der Waals surface area contributed by atoms with Crippen molar-refractivity contribution in [1.29, 1.82) is 0 Å². The monoisotopic (exact) mass is 441 g/mol. The molecule has 30 heavy (non-hydrogen) atoms. The second-order valence-electron chi connectivity index (χ2n) is 7.07. The molecule has 7 heteroatoms. The average molecular weight is 442 g/mol. The van der Waals surface area contributed by atoms with Crippen LogP contribution < -0.4 is 0 Å². The van der Waals surface area contributed by atoms with Crippen LogP contribution in [0.2, 0.25) is 0 Å². The van der Waals surface area contributed by atoms with Crippen molar-refractivity contribution in [2.75, 3.05) is 6.26 Å². The number of hydrogen-bond acceptors (Lipinski definition) is 5. The zero-order valence-corrected chi connectivity index (χ0v) is 18.0. The summed E-state index contributed by atoms with van der Waals surface area (Å²) in [5.74, 6) is 0.932. The van der Waals surface area contributed by atoms with Crippen molar-refractivity contribution in [3.63, 3.8) is 0 Å². The van der Waals surface area contributed by atoms with Crippen LogP contribution >= 0.6 is 11.3 Å². The van der Waals surface area contributed by atoms with E-state index in [1.165, 1.54) is 34.6 Å². The van der Waals surface area contributed by atoms with Crippen LogP contribution in [0.25, 0.3) is 11.3 Å². The highest BCUT2D eigenvalue weighted by atomic mass is 32.2. The summed E-state index contributed by atoms with van der Waals surface area (Å²) in [5.41, 5.74) is 2.65. The molecular formula is C23H20FNO3S2. The minimum Gasteiger partial charge on any atom is -0.440 e. The van der Waals surface area contributed by atoms with Crippen molar-refractivity contribution in [3.05, 3.63) is 93.9 Å². The van der Waals surface area contributed by atoms with Gasteiger partial charge in [-0.05, 0) is 42.3 Å². The first-order chi connectivity index (χ1) is 14.4. The maximum absolute atomic E-state index is 13.4. The molecule has 0 saturated carbocycles. The number of hydrogen-bond donors (Lipinski definition) is 0. The molecule has 0 radical (unpaired) electrons. The first kappa shape index (κ1) is 20.5. The van der Waals surface area contributed by atoms with Crippen molar-refractivity contribution >= 4 is 21.2 Å². The van der Waals surface area contributed by atoms with Crippen molar-refractivity contribution in [3.8, 4) is 11.3 Å². The highest BCUT2D eigenvalue weighted by molar-refractivity contribution is 7.90. The van der Waals surface area contributed by atoms with Crippen molar-refractivity contribution in [2.45, 2.75) is 24.2 Å². The molecule has 0 amide bonds. The summed E-state index contributed by atoms with van der Waals surface area (Å²) < 4.78 is 43.0. The zero-order valence-electron chi connectivity index (χ0n) is 16.3. The number of oxazole rings is 1. The molecule has 0 fully saturated rings. The molecule has 0 aliphatic heterocycles. The standard InChI is InChI=1S/C23H20FNO3S2/c1-30(26,27)20-10-8-17(9-11-20)23-21(14-19-13-18(24)15-29-19)25-22(28-23)12-7-16-5-3-2-4-6-16/h2-6,8-11,13,15H,7,12,14H2,1H3. The minimum absolute atomic E-state index is 0.247. The molecule has 4 rings (SSSR count). The second kappa shape index (κ2) is 8.53. The SMILES string of the molecule is CS(=O)(=O)c1ccc(-c2oc(CCc3ccccc3)nc2Cc2cc(F)cs2)cc1. The fourth-order valence-corrected chi connectivity index (χ4v) is 4.58. The van der Waals surface area contributed by atoms with Gasteiger partial charge in [-0.15, -0.1) is 11.3 Å². The third-order valence-corrected chi connectivity index (χ3v) is 6.76. The van der Waals surface area contributed by atoms with Crippen molar-refractivity contribution in [1.82, 2.24) is 4.98 Å². The number of aromatic nitrogens is 1. The average Bonchev–Trinajstić information content (AvgIpc) is 3.33. The van der Waals surface area contributed by atoms with Gasteiger partial charge in [-0.25, -0.2) is 17.8 Å². The van der Waals surface area contributed by atoms with Crippen LogP contribution in [0, 0.1) is 5.82 Å². The Morgan fingerprint density at radius 3 is 2.40 bits per heavy atom. The maximum Gasteiger partial charge on any atom is 0.195 e. The van der Waals surface area contributed by atoms with E-state index in [0.29, 0.717) is 30.2 Å². The lowest BCUT2D eigenvalue weighted by Crippen LogP contribution is -1.96. The Bertz CT molecular complexity index is 1240. The van der Waals surface area contributed by atoms with Gasteiger partial charge in [0.15, 0.2) is 21.5 Å². The Kier molecular flexibility index (Phi) is 5.83. The lowest BCUT2D eigenvalue weighted by molar-refractivity contribution is 0.505. The molecule has 0 unspecified atom stereocenters. The van der Waals surface area contributed by atoms with E-state index >= 15 is 0 Å². The molecule has 0 spiro atoms. The lowest BCUT2D eigenvalue weighted by atomic mass is 10.1. The molecule has 154 valence electrons. The number of sulfone groups is 1. The highest BCUT2D eigenvalue weighted by Crippen LogP contribution is 2.30. The summed E-state index contributed by atoms with van der Waals surface area (Å²) in [7, 11) is -3.28. The Balaban J connectivity index is 1.65. The molecule has 0 aliphatic rings. The summed E-state index contributed by atoms with van der Waals surface area (Å²) in [4.78, 5) is 5.78. The smallest absolute Gasteiger partial charge is 0.195 e. The van der Waals surface area contributed by atoms with Gasteiger partial charge in [-0.2, -0.15) is 0 Å². The van der Waals surface area contributed by atoms with Gasteiger partial charge in [0.2, 0.25) is 0 Å². The molecule has 0 saturated heterocycles. The predicted octanol–water partition coefficient (Wildman–Crippen LogP) is 5.32. The number of aryl methyl sites for hydroxylation is 2. The van der Waals surface area contributed by atoms with Crippen molar-refractivity contribution in [2.24, 2.45) is 0 Å². The number of thiophene rings is 1. The molecule has 0 bridgehead atoms. The summed E-state index contributed by atoms with van der Waals surface area (Å²) >= 11 is 1.34. The van der Waals surface area contributed by atoms with Crippen LogP contribution in [0.4, 0.5) is 4.39 Å². The predicted molar refractivity (Wildman–Crippen MR) is 116 cm³/mol. The normalized spacial score (nSPS) is 11.7. The van der Waals surface area contributed by atoms with E-state index in [0.717, 1.165) is 16.9 Å². The Hall–Kier alpha value is -2.77. The molecule has 4 aromatic rings. The first-order valence-electron chi connectivity index (χ1n) is 9.44. The van der Waals surface area contributed by atoms with Crippen LogP contribution in [0.15, 0.2) is 75.4 Å². The summed E-state index contributed by atoms with van der Waals surface area (Å²) in [6.45, 7) is 0. The van der Waals surface area contributed by atoms with Gasteiger partial charge in [0.05, 0.1) is 10.6 Å². The maximum atomic E-state index is 13.4. The van der Waals surface area contributed by atoms with Crippen LogP contribution in [-0.2, 0) is 29.1 Å². The van der Waals surface area contributed by atoms with Crippen LogP contribution in [-0.4, -0.2) is 19.7 Å². The van der Waals surface area contributed by atoms with Gasteiger partial charge in [-0.1, -0.05) is 30.3 Å².